The van der Waals surface area contributed by atoms with Gasteiger partial charge in [-0.1, -0.05) is 0 Å². The van der Waals surface area contributed by atoms with Crippen molar-refractivity contribution in [3.63, 3.8) is 0 Å². The van der Waals surface area contributed by atoms with Gasteiger partial charge in [0.15, 0.2) is 0 Å². The lowest BCUT2D eigenvalue weighted by Crippen LogP contribution is -2.03. The van der Waals surface area contributed by atoms with E-state index >= 15 is 0 Å². The van der Waals surface area contributed by atoms with Crippen LogP contribution in [0.5, 0.6) is 0 Å². The van der Waals surface area contributed by atoms with Crippen molar-refractivity contribution < 1.29 is 9.31 Å². The zero-order valence-corrected chi connectivity index (χ0v) is 10.00. The van der Waals surface area contributed by atoms with Crippen molar-refractivity contribution >= 4 is 5.69 Å². The molecule has 0 N–H and O–H groups in total. The Morgan fingerprint density at radius 1 is 1.58 bits per heavy atom. The monoisotopic (exact) mass is 260 g/mol. The van der Waals surface area contributed by atoms with Crippen molar-refractivity contribution in [3.8, 4) is 6.07 Å². The second kappa shape index (κ2) is 4.86. The Morgan fingerprint density at radius 2 is 2.32 bits per heavy atom. The highest BCUT2D eigenvalue weighted by Gasteiger charge is 2.16. The number of halogens is 1. The predicted molar refractivity (Wildman–Crippen MR) is 63.8 cm³/mol. The van der Waals surface area contributed by atoms with Crippen LogP contribution in [0.1, 0.15) is 16.8 Å². The van der Waals surface area contributed by atoms with E-state index < -0.39 is 10.7 Å². The molecule has 1 heterocycles. The molecule has 0 aliphatic carbocycles. The third kappa shape index (κ3) is 2.57. The summed E-state index contributed by atoms with van der Waals surface area (Å²) in [6, 6.07) is 5.73. The van der Waals surface area contributed by atoms with Gasteiger partial charge in [0, 0.05) is 0 Å². The summed E-state index contributed by atoms with van der Waals surface area (Å²) in [6.07, 6.45) is 1.27. The molecule has 0 amide bonds. The molecule has 0 radical (unpaired) electrons. The van der Waals surface area contributed by atoms with Crippen molar-refractivity contribution in [3.05, 3.63) is 57.1 Å². The number of benzene rings is 1. The Bertz CT molecular complexity index is 688. The quantitative estimate of drug-likeness (QED) is 0.625. The van der Waals surface area contributed by atoms with E-state index in [0.717, 1.165) is 0 Å². The minimum Gasteiger partial charge on any atom is -0.261 e. The maximum atomic E-state index is 13.2. The molecule has 0 spiro atoms. The van der Waals surface area contributed by atoms with Crippen molar-refractivity contribution in [1.29, 1.82) is 5.26 Å². The second-order valence-electron chi connectivity index (χ2n) is 3.97. The van der Waals surface area contributed by atoms with Crippen molar-refractivity contribution in [2.75, 3.05) is 0 Å². The lowest BCUT2D eigenvalue weighted by Gasteiger charge is -2.03. The van der Waals surface area contributed by atoms with Crippen LogP contribution in [0.25, 0.3) is 0 Å². The highest BCUT2D eigenvalue weighted by molar-refractivity contribution is 5.38. The Labute approximate surface area is 107 Å². The van der Waals surface area contributed by atoms with Crippen LogP contribution in [0, 0.1) is 34.2 Å². The fraction of sp³-hybridized carbons (Fsp3) is 0.167. The van der Waals surface area contributed by atoms with E-state index in [1.54, 1.807) is 0 Å². The molecule has 6 nitrogen and oxygen atoms in total. The summed E-state index contributed by atoms with van der Waals surface area (Å²) in [5.41, 5.74) is 0.923. The smallest absolute Gasteiger partial charge is 0.261 e. The van der Waals surface area contributed by atoms with Gasteiger partial charge in [0.2, 0.25) is 0 Å². The van der Waals surface area contributed by atoms with Crippen molar-refractivity contribution in [2.24, 2.45) is 0 Å². The van der Waals surface area contributed by atoms with Crippen LogP contribution >= 0.6 is 0 Å². The Morgan fingerprint density at radius 3 is 2.89 bits per heavy atom. The fourth-order valence-electron chi connectivity index (χ4n) is 1.74. The number of rotatable bonds is 3. The molecule has 1 aromatic carbocycles. The molecule has 0 saturated carbocycles. The Hall–Kier alpha value is -2.75. The number of hydrogen-bond donors (Lipinski definition) is 0. The van der Waals surface area contributed by atoms with E-state index in [2.05, 4.69) is 5.10 Å². The van der Waals surface area contributed by atoms with Gasteiger partial charge in [-0.2, -0.15) is 10.4 Å². The molecular weight excluding hydrogens is 251 g/mol. The molecule has 2 aromatic rings. The van der Waals surface area contributed by atoms with Gasteiger partial charge in [0.25, 0.3) is 0 Å². The van der Waals surface area contributed by atoms with Crippen LogP contribution in [-0.4, -0.2) is 14.7 Å². The van der Waals surface area contributed by atoms with Crippen LogP contribution in [0.2, 0.25) is 0 Å². The molecule has 19 heavy (non-hydrogen) atoms. The highest BCUT2D eigenvalue weighted by atomic mass is 19.1. The molecule has 0 saturated heterocycles. The number of nitrogens with zero attached hydrogens (tertiary/aromatic N) is 4. The molecule has 0 unspecified atom stereocenters. The molecule has 7 heteroatoms. The SMILES string of the molecule is Cc1nn(Cc2cc(F)ccc2C#N)cc1[N+](=O)[O-]. The lowest BCUT2D eigenvalue weighted by molar-refractivity contribution is -0.385. The normalized spacial score (nSPS) is 10.2. The molecule has 96 valence electrons. The molecule has 0 aliphatic heterocycles. The summed E-state index contributed by atoms with van der Waals surface area (Å²) in [7, 11) is 0. The number of aryl methyl sites for hydroxylation is 1. The summed E-state index contributed by atoms with van der Waals surface area (Å²) in [5, 5.41) is 23.6. The zero-order valence-electron chi connectivity index (χ0n) is 10.00. The highest BCUT2D eigenvalue weighted by Crippen LogP contribution is 2.17. The average molecular weight is 260 g/mol. The molecule has 1 aromatic heterocycles. The standard InChI is InChI=1S/C12H9FN4O2/c1-8-12(17(18)19)7-16(15-8)6-10-4-11(13)3-2-9(10)5-14/h2-4,7H,6H2,1H3. The van der Waals surface area contributed by atoms with Gasteiger partial charge in [-0.3, -0.25) is 14.8 Å². The van der Waals surface area contributed by atoms with E-state index in [1.165, 1.54) is 36.0 Å². The minimum atomic E-state index is -0.532. The van der Waals surface area contributed by atoms with Gasteiger partial charge in [-0.25, -0.2) is 4.39 Å². The zero-order chi connectivity index (χ0) is 14.0. The van der Waals surface area contributed by atoms with Crippen LogP contribution in [0.4, 0.5) is 10.1 Å². The maximum Gasteiger partial charge on any atom is 0.309 e. The van der Waals surface area contributed by atoms with E-state index in [-0.39, 0.29) is 17.9 Å². The Balaban J connectivity index is 2.36. The van der Waals surface area contributed by atoms with E-state index in [0.29, 0.717) is 11.1 Å². The number of nitro groups is 1. The average Bonchev–Trinajstić information content (AvgIpc) is 2.71. The molecule has 0 atom stereocenters. The first-order valence-electron chi connectivity index (χ1n) is 5.38. The van der Waals surface area contributed by atoms with Crippen LogP contribution in [-0.2, 0) is 6.54 Å². The molecule has 0 aliphatic rings. The third-order valence-electron chi connectivity index (χ3n) is 2.64. The van der Waals surface area contributed by atoms with Crippen molar-refractivity contribution in [1.82, 2.24) is 9.78 Å². The maximum absolute atomic E-state index is 13.2. The minimum absolute atomic E-state index is 0.102. The van der Waals surface area contributed by atoms with Crippen LogP contribution in [0.3, 0.4) is 0 Å². The van der Waals surface area contributed by atoms with Crippen LogP contribution < -0.4 is 0 Å². The molecule has 2 rings (SSSR count). The first kappa shape index (κ1) is 12.7. The van der Waals surface area contributed by atoms with E-state index in [9.17, 15) is 14.5 Å². The summed E-state index contributed by atoms with van der Waals surface area (Å²) < 4.78 is 14.5. The molecule has 0 bridgehead atoms. The fourth-order valence-corrected chi connectivity index (χ4v) is 1.74. The first-order valence-corrected chi connectivity index (χ1v) is 5.38. The largest absolute Gasteiger partial charge is 0.309 e. The number of nitriles is 1. The van der Waals surface area contributed by atoms with Gasteiger partial charge in [-0.05, 0) is 30.7 Å². The number of hydrogen-bond acceptors (Lipinski definition) is 4. The topological polar surface area (TPSA) is 84.8 Å². The van der Waals surface area contributed by atoms with Gasteiger partial charge in [0.1, 0.15) is 17.7 Å². The summed E-state index contributed by atoms with van der Waals surface area (Å²) >= 11 is 0. The summed E-state index contributed by atoms with van der Waals surface area (Å²) in [4.78, 5) is 10.2. The summed E-state index contributed by atoms with van der Waals surface area (Å²) in [6.45, 7) is 1.63. The molecule has 0 fully saturated rings. The van der Waals surface area contributed by atoms with Crippen LogP contribution in [0.15, 0.2) is 24.4 Å². The lowest BCUT2D eigenvalue weighted by atomic mass is 10.1. The third-order valence-corrected chi connectivity index (χ3v) is 2.64. The second-order valence-corrected chi connectivity index (χ2v) is 3.97. The molecular formula is C12H9FN4O2. The predicted octanol–water partition coefficient (Wildman–Crippen LogP) is 2.16. The summed E-state index contributed by atoms with van der Waals surface area (Å²) in [5.74, 6) is -0.465. The number of aromatic nitrogens is 2. The first-order chi connectivity index (χ1) is 9.01. The van der Waals surface area contributed by atoms with Gasteiger partial charge in [0.05, 0.1) is 23.1 Å². The van der Waals surface area contributed by atoms with E-state index in [1.807, 2.05) is 6.07 Å². The van der Waals surface area contributed by atoms with Gasteiger partial charge >= 0.3 is 5.69 Å². The van der Waals surface area contributed by atoms with Crippen molar-refractivity contribution in [2.45, 2.75) is 13.5 Å². The van der Waals surface area contributed by atoms with E-state index in [4.69, 9.17) is 5.26 Å². The van der Waals surface area contributed by atoms with Gasteiger partial charge in [-0.15, -0.1) is 0 Å². The van der Waals surface area contributed by atoms with Gasteiger partial charge < -0.3 is 0 Å². The Kier molecular flexibility index (Phi) is 3.25.